The molecule has 1 unspecified atom stereocenters. The largest absolute Gasteiger partial charge is 0.468 e. The fourth-order valence-electron chi connectivity index (χ4n) is 2.53. The Morgan fingerprint density at radius 2 is 1.90 bits per heavy atom. The molecular formula is C15H21NO4S. The van der Waals surface area contributed by atoms with Crippen LogP contribution in [0.1, 0.15) is 31.4 Å². The summed E-state index contributed by atoms with van der Waals surface area (Å²) in [6.07, 6.45) is 2.96. The zero-order valence-corrected chi connectivity index (χ0v) is 13.4. The number of sulfonamides is 1. The Labute approximate surface area is 125 Å². The Kier molecular flexibility index (Phi) is 4.68. The topological polar surface area (TPSA) is 72.5 Å². The third-order valence-electron chi connectivity index (χ3n) is 3.78. The average Bonchev–Trinajstić information content (AvgIpc) is 2.91. The molecule has 0 radical (unpaired) electrons. The summed E-state index contributed by atoms with van der Waals surface area (Å²) in [6, 6.07) is 4.29. The molecule has 116 valence electrons. The minimum Gasteiger partial charge on any atom is -0.468 e. The first-order chi connectivity index (χ1) is 9.85. The van der Waals surface area contributed by atoms with Crippen molar-refractivity contribution in [3.8, 4) is 0 Å². The van der Waals surface area contributed by atoms with Crippen LogP contribution in [0.15, 0.2) is 23.1 Å². The van der Waals surface area contributed by atoms with E-state index in [0.717, 1.165) is 24.8 Å². The summed E-state index contributed by atoms with van der Waals surface area (Å²) in [5.74, 6) is -0.767. The van der Waals surface area contributed by atoms with Gasteiger partial charge >= 0.3 is 5.97 Å². The van der Waals surface area contributed by atoms with E-state index in [0.29, 0.717) is 0 Å². The van der Waals surface area contributed by atoms with Crippen LogP contribution >= 0.6 is 0 Å². The van der Waals surface area contributed by atoms with Crippen molar-refractivity contribution >= 4 is 16.0 Å². The third kappa shape index (κ3) is 3.44. The minimum absolute atomic E-state index is 0.193. The number of carbonyl (C=O) groups is 1. The van der Waals surface area contributed by atoms with Crippen LogP contribution < -0.4 is 4.72 Å². The van der Waals surface area contributed by atoms with E-state index in [1.165, 1.54) is 12.7 Å². The fourth-order valence-corrected chi connectivity index (χ4v) is 3.92. The molecule has 0 aromatic heterocycles. The van der Waals surface area contributed by atoms with Gasteiger partial charge in [-0.05, 0) is 48.4 Å². The standard InChI is InChI=1S/C15H21NO4S/c1-10(2)14(15(17)20-3)16-21(18,19)13-8-7-11-5-4-6-12(11)9-13/h7-10,14,16H,4-6H2,1-3H3. The smallest absolute Gasteiger partial charge is 0.324 e. The Balaban J connectivity index is 2.27. The molecule has 1 aromatic carbocycles. The number of nitrogens with one attached hydrogen (secondary N) is 1. The highest BCUT2D eigenvalue weighted by molar-refractivity contribution is 7.89. The molecule has 0 saturated heterocycles. The monoisotopic (exact) mass is 311 g/mol. The lowest BCUT2D eigenvalue weighted by Crippen LogP contribution is -2.44. The zero-order chi connectivity index (χ0) is 15.6. The van der Waals surface area contributed by atoms with Crippen molar-refractivity contribution in [2.75, 3.05) is 7.11 Å². The van der Waals surface area contributed by atoms with Gasteiger partial charge in [-0.15, -0.1) is 0 Å². The Morgan fingerprint density at radius 1 is 1.24 bits per heavy atom. The molecule has 1 atom stereocenters. The molecule has 0 aliphatic heterocycles. The van der Waals surface area contributed by atoms with E-state index in [1.54, 1.807) is 26.0 Å². The molecule has 2 rings (SSSR count). The second kappa shape index (κ2) is 6.15. The first kappa shape index (κ1) is 16.0. The predicted molar refractivity (Wildman–Crippen MR) is 79.4 cm³/mol. The second-order valence-electron chi connectivity index (χ2n) is 5.65. The van der Waals surface area contributed by atoms with Gasteiger partial charge in [0.15, 0.2) is 0 Å². The highest BCUT2D eigenvalue weighted by Gasteiger charge is 2.29. The van der Waals surface area contributed by atoms with Gasteiger partial charge < -0.3 is 4.74 Å². The number of methoxy groups -OCH3 is 1. The average molecular weight is 311 g/mol. The van der Waals surface area contributed by atoms with Gasteiger partial charge in [-0.1, -0.05) is 19.9 Å². The van der Waals surface area contributed by atoms with Crippen LogP contribution in [0, 0.1) is 5.92 Å². The summed E-state index contributed by atoms with van der Waals surface area (Å²) in [4.78, 5) is 11.9. The number of benzene rings is 1. The van der Waals surface area contributed by atoms with Crippen LogP contribution in [0.4, 0.5) is 0 Å². The number of fused-ring (bicyclic) bond motifs is 1. The molecule has 0 heterocycles. The zero-order valence-electron chi connectivity index (χ0n) is 12.5. The molecule has 1 aliphatic carbocycles. The van der Waals surface area contributed by atoms with Gasteiger partial charge in [0.05, 0.1) is 12.0 Å². The van der Waals surface area contributed by atoms with E-state index in [-0.39, 0.29) is 10.8 Å². The molecule has 1 N–H and O–H groups in total. The van der Waals surface area contributed by atoms with Crippen LogP contribution in [-0.4, -0.2) is 27.5 Å². The van der Waals surface area contributed by atoms with E-state index in [4.69, 9.17) is 0 Å². The number of rotatable bonds is 5. The van der Waals surface area contributed by atoms with Gasteiger partial charge in [-0.25, -0.2) is 8.42 Å². The molecule has 1 aliphatic rings. The maximum Gasteiger partial charge on any atom is 0.324 e. The lowest BCUT2D eigenvalue weighted by Gasteiger charge is -2.20. The number of ether oxygens (including phenoxy) is 1. The summed E-state index contributed by atoms with van der Waals surface area (Å²) in [7, 11) is -2.48. The minimum atomic E-state index is -3.73. The van der Waals surface area contributed by atoms with Crippen molar-refractivity contribution in [2.45, 2.75) is 44.0 Å². The van der Waals surface area contributed by atoms with Crippen LogP contribution in [0.25, 0.3) is 0 Å². The van der Waals surface area contributed by atoms with Crippen molar-refractivity contribution in [1.82, 2.24) is 4.72 Å². The van der Waals surface area contributed by atoms with E-state index >= 15 is 0 Å². The molecule has 6 heteroatoms. The van der Waals surface area contributed by atoms with Crippen molar-refractivity contribution < 1.29 is 17.9 Å². The molecule has 0 saturated carbocycles. The number of hydrogen-bond donors (Lipinski definition) is 1. The Bertz CT molecular complexity index is 637. The SMILES string of the molecule is COC(=O)C(NS(=O)(=O)c1ccc2c(c1)CCC2)C(C)C. The summed E-state index contributed by atoms with van der Waals surface area (Å²) in [5.41, 5.74) is 2.29. The quantitative estimate of drug-likeness (QED) is 0.839. The molecule has 21 heavy (non-hydrogen) atoms. The maximum atomic E-state index is 12.4. The van der Waals surface area contributed by atoms with Gasteiger partial charge in [0.25, 0.3) is 0 Å². The maximum absolute atomic E-state index is 12.4. The van der Waals surface area contributed by atoms with Crippen LogP contribution in [0.3, 0.4) is 0 Å². The highest BCUT2D eigenvalue weighted by atomic mass is 32.2. The summed E-state index contributed by atoms with van der Waals surface area (Å²) >= 11 is 0. The van der Waals surface area contributed by atoms with Crippen molar-refractivity contribution in [3.05, 3.63) is 29.3 Å². The molecule has 5 nitrogen and oxygen atoms in total. The van der Waals surface area contributed by atoms with Gasteiger partial charge in [-0.2, -0.15) is 4.72 Å². The lowest BCUT2D eigenvalue weighted by molar-refractivity contribution is -0.143. The molecule has 0 fully saturated rings. The lowest BCUT2D eigenvalue weighted by atomic mass is 10.1. The van der Waals surface area contributed by atoms with Gasteiger partial charge in [0.2, 0.25) is 10.0 Å². The number of carbonyl (C=O) groups excluding carboxylic acids is 1. The fraction of sp³-hybridized carbons (Fsp3) is 0.533. The molecule has 1 aromatic rings. The van der Waals surface area contributed by atoms with E-state index in [2.05, 4.69) is 9.46 Å². The first-order valence-electron chi connectivity index (χ1n) is 7.07. The van der Waals surface area contributed by atoms with E-state index in [9.17, 15) is 13.2 Å². The normalized spacial score (nSPS) is 15.8. The van der Waals surface area contributed by atoms with Crippen LogP contribution in [0.5, 0.6) is 0 Å². The van der Waals surface area contributed by atoms with Crippen LogP contribution in [-0.2, 0) is 32.4 Å². The first-order valence-corrected chi connectivity index (χ1v) is 8.55. The number of aryl methyl sites for hydroxylation is 2. The Hall–Kier alpha value is -1.40. The molecule has 0 bridgehead atoms. The van der Waals surface area contributed by atoms with Gasteiger partial charge in [0, 0.05) is 0 Å². The van der Waals surface area contributed by atoms with Crippen LogP contribution in [0.2, 0.25) is 0 Å². The second-order valence-corrected chi connectivity index (χ2v) is 7.36. The number of hydrogen-bond acceptors (Lipinski definition) is 4. The Morgan fingerprint density at radius 3 is 2.52 bits per heavy atom. The summed E-state index contributed by atoms with van der Waals surface area (Å²) in [6.45, 7) is 3.54. The van der Waals surface area contributed by atoms with Crippen molar-refractivity contribution in [2.24, 2.45) is 5.92 Å². The summed E-state index contributed by atoms with van der Waals surface area (Å²) in [5, 5.41) is 0. The van der Waals surface area contributed by atoms with Crippen molar-refractivity contribution in [1.29, 1.82) is 0 Å². The highest BCUT2D eigenvalue weighted by Crippen LogP contribution is 2.25. The third-order valence-corrected chi connectivity index (χ3v) is 5.22. The molecular weight excluding hydrogens is 290 g/mol. The molecule has 0 amide bonds. The summed E-state index contributed by atoms with van der Waals surface area (Å²) < 4.78 is 32.0. The van der Waals surface area contributed by atoms with E-state index < -0.39 is 22.0 Å². The predicted octanol–water partition coefficient (Wildman–Crippen LogP) is 1.65. The van der Waals surface area contributed by atoms with Gasteiger partial charge in [0.1, 0.15) is 6.04 Å². The van der Waals surface area contributed by atoms with Crippen molar-refractivity contribution in [3.63, 3.8) is 0 Å². The molecule has 0 spiro atoms. The number of esters is 1. The van der Waals surface area contributed by atoms with E-state index in [1.807, 2.05) is 6.07 Å². The van der Waals surface area contributed by atoms with Gasteiger partial charge in [-0.3, -0.25) is 4.79 Å².